The molecule has 1 atom stereocenters. The number of nitrogens with two attached hydrogens (primary N) is 1. The maximum absolute atomic E-state index is 13.4. The zero-order chi connectivity index (χ0) is 22.8. The maximum atomic E-state index is 13.4. The third-order valence-corrected chi connectivity index (χ3v) is 5.68. The lowest BCUT2D eigenvalue weighted by Crippen LogP contribution is -2.32. The van der Waals surface area contributed by atoms with E-state index in [9.17, 15) is 18.0 Å². The van der Waals surface area contributed by atoms with E-state index in [-0.39, 0.29) is 24.0 Å². The number of fused-ring (bicyclic) bond motifs is 4. The second-order valence-electron chi connectivity index (χ2n) is 7.66. The summed E-state index contributed by atoms with van der Waals surface area (Å²) in [6, 6.07) is 3.71. The number of carbonyl (C=O) groups excluding carboxylic acids is 1. The Hall–Kier alpha value is -3.89. The number of amides is 1. The van der Waals surface area contributed by atoms with Crippen molar-refractivity contribution >= 4 is 28.3 Å². The molecule has 1 aliphatic heterocycles. The molecule has 0 fully saturated rings. The molecule has 0 unspecified atom stereocenters. The number of nitrogen functional groups attached to an aromatic ring is 1. The van der Waals surface area contributed by atoms with Crippen molar-refractivity contribution in [2.45, 2.75) is 19.1 Å². The number of nitrogens with zero attached hydrogens (tertiary/aromatic N) is 5. The van der Waals surface area contributed by atoms with Crippen LogP contribution < -0.4 is 10.5 Å². The molecule has 4 heterocycles. The number of benzene rings is 1. The van der Waals surface area contributed by atoms with E-state index < -0.39 is 17.8 Å². The van der Waals surface area contributed by atoms with E-state index in [1.807, 2.05) is 0 Å². The van der Waals surface area contributed by atoms with E-state index in [2.05, 4.69) is 15.0 Å². The van der Waals surface area contributed by atoms with Crippen LogP contribution in [0.25, 0.3) is 16.6 Å². The van der Waals surface area contributed by atoms with Crippen molar-refractivity contribution in [3.63, 3.8) is 0 Å². The Labute approximate surface area is 179 Å². The number of imidazole rings is 1. The molecule has 1 aromatic carbocycles. The average molecular weight is 442 g/mol. The Kier molecular flexibility index (Phi) is 4.26. The topological polar surface area (TPSA) is 98.6 Å². The molecule has 11 heteroatoms. The summed E-state index contributed by atoms with van der Waals surface area (Å²) in [6.45, 7) is 1.78. The first kappa shape index (κ1) is 20.0. The lowest BCUT2D eigenvalue weighted by Gasteiger charge is -2.25. The fourth-order valence-electron chi connectivity index (χ4n) is 3.94. The van der Waals surface area contributed by atoms with Crippen LogP contribution in [-0.2, 0) is 6.18 Å². The quantitative estimate of drug-likeness (QED) is 0.511. The smallest absolute Gasteiger partial charge is 0.417 e. The van der Waals surface area contributed by atoms with Gasteiger partial charge in [0.25, 0.3) is 5.91 Å². The highest BCUT2D eigenvalue weighted by molar-refractivity contribution is 6.00. The molecular weight excluding hydrogens is 425 g/mol. The summed E-state index contributed by atoms with van der Waals surface area (Å²) in [5.74, 6) is 0.0457. The van der Waals surface area contributed by atoms with Crippen LogP contribution in [0.15, 0.2) is 36.9 Å². The van der Waals surface area contributed by atoms with Gasteiger partial charge in [-0.2, -0.15) is 13.2 Å². The average Bonchev–Trinajstić information content (AvgIpc) is 3.39. The van der Waals surface area contributed by atoms with Crippen LogP contribution >= 0.6 is 0 Å². The van der Waals surface area contributed by atoms with Crippen LogP contribution in [0, 0.1) is 6.92 Å². The number of hydrogen-bond donors (Lipinski definition) is 1. The van der Waals surface area contributed by atoms with Crippen LogP contribution in [0.1, 0.15) is 33.1 Å². The first-order valence-electron chi connectivity index (χ1n) is 9.64. The van der Waals surface area contributed by atoms with Crippen LogP contribution in [0.4, 0.5) is 19.0 Å². The monoisotopic (exact) mass is 442 g/mol. The molecule has 32 heavy (non-hydrogen) atoms. The Morgan fingerprint density at radius 1 is 1.25 bits per heavy atom. The van der Waals surface area contributed by atoms with Crippen molar-refractivity contribution in [2.75, 3.05) is 19.4 Å². The van der Waals surface area contributed by atoms with E-state index in [4.69, 9.17) is 10.5 Å². The van der Waals surface area contributed by atoms with E-state index in [1.165, 1.54) is 11.9 Å². The number of anilines is 1. The zero-order valence-electron chi connectivity index (χ0n) is 17.0. The van der Waals surface area contributed by atoms with Gasteiger partial charge in [-0.05, 0) is 30.7 Å². The van der Waals surface area contributed by atoms with Crippen molar-refractivity contribution in [3.05, 3.63) is 59.2 Å². The van der Waals surface area contributed by atoms with Crippen molar-refractivity contribution in [1.82, 2.24) is 24.3 Å². The van der Waals surface area contributed by atoms with Crippen molar-refractivity contribution in [2.24, 2.45) is 0 Å². The minimum Gasteiger partial charge on any atom is -0.475 e. The van der Waals surface area contributed by atoms with Gasteiger partial charge in [-0.15, -0.1) is 0 Å². The Morgan fingerprint density at radius 3 is 2.78 bits per heavy atom. The van der Waals surface area contributed by atoms with E-state index >= 15 is 0 Å². The molecule has 164 valence electrons. The van der Waals surface area contributed by atoms with Gasteiger partial charge in [0.2, 0.25) is 5.88 Å². The molecule has 4 aromatic rings. The number of hydrogen-bond acceptors (Lipinski definition) is 6. The van der Waals surface area contributed by atoms with Gasteiger partial charge in [0.05, 0.1) is 35.2 Å². The standard InChI is InChI=1S/C21H17F3N6O2/c1-10-3-14-15(30-9-26-7-16(30)18(25)28-14)5-12(10)20(31)29(2)17-8-32-19-13(17)4-11(6-27-19)21(22,23)24/h3-7,9,17H,8H2,1-2H3,(H2,25,28)/t17-/m1/s1. The van der Waals surface area contributed by atoms with Gasteiger partial charge in [-0.1, -0.05) is 0 Å². The Balaban J connectivity index is 1.56. The SMILES string of the molecule is Cc1cc2nc(N)c3cncn3c2cc1C(=O)N(C)[C@@H]1COc2ncc(C(F)(F)F)cc21. The summed E-state index contributed by atoms with van der Waals surface area (Å²) < 4.78 is 46.6. The predicted octanol–water partition coefficient (Wildman–Crippen LogP) is 3.39. The Bertz CT molecular complexity index is 1400. The van der Waals surface area contributed by atoms with Gasteiger partial charge in [-0.3, -0.25) is 9.20 Å². The van der Waals surface area contributed by atoms with E-state index in [1.54, 1.807) is 36.0 Å². The van der Waals surface area contributed by atoms with Crippen molar-refractivity contribution in [1.29, 1.82) is 0 Å². The molecule has 3 aromatic heterocycles. The van der Waals surface area contributed by atoms with Crippen molar-refractivity contribution < 1.29 is 22.7 Å². The van der Waals surface area contributed by atoms with Crippen LogP contribution in [0.3, 0.4) is 0 Å². The van der Waals surface area contributed by atoms with E-state index in [0.29, 0.717) is 33.5 Å². The number of likely N-dealkylation sites (N-methyl/N-ethyl adjacent to an activating group) is 1. The first-order chi connectivity index (χ1) is 15.1. The molecule has 0 spiro atoms. The fraction of sp³-hybridized carbons (Fsp3) is 0.238. The van der Waals surface area contributed by atoms with Crippen LogP contribution in [-0.4, -0.2) is 43.8 Å². The summed E-state index contributed by atoms with van der Waals surface area (Å²) in [6.07, 6.45) is -0.662. The summed E-state index contributed by atoms with van der Waals surface area (Å²) in [4.78, 5) is 27.0. The van der Waals surface area contributed by atoms with Crippen LogP contribution in [0.2, 0.25) is 0 Å². The first-order valence-corrected chi connectivity index (χ1v) is 9.64. The zero-order valence-corrected chi connectivity index (χ0v) is 17.0. The normalized spacial score (nSPS) is 15.7. The van der Waals surface area contributed by atoms with Crippen LogP contribution in [0.5, 0.6) is 5.88 Å². The molecule has 8 nitrogen and oxygen atoms in total. The number of aromatic nitrogens is 4. The molecule has 2 N–H and O–H groups in total. The fourth-order valence-corrected chi connectivity index (χ4v) is 3.94. The minimum absolute atomic E-state index is 0.0162. The largest absolute Gasteiger partial charge is 0.475 e. The molecule has 0 bridgehead atoms. The molecule has 0 aliphatic carbocycles. The lowest BCUT2D eigenvalue weighted by molar-refractivity contribution is -0.137. The molecule has 1 aliphatic rings. The van der Waals surface area contributed by atoms with Gasteiger partial charge >= 0.3 is 6.18 Å². The third-order valence-electron chi connectivity index (χ3n) is 5.68. The summed E-state index contributed by atoms with van der Waals surface area (Å²) in [5, 5.41) is 0. The van der Waals surface area contributed by atoms with Gasteiger partial charge < -0.3 is 15.4 Å². The van der Waals surface area contributed by atoms with Crippen molar-refractivity contribution in [3.8, 4) is 5.88 Å². The number of ether oxygens (including phenoxy) is 1. The number of pyridine rings is 1. The minimum atomic E-state index is -4.54. The summed E-state index contributed by atoms with van der Waals surface area (Å²) in [7, 11) is 1.53. The molecule has 5 rings (SSSR count). The highest BCUT2D eigenvalue weighted by Gasteiger charge is 2.37. The lowest BCUT2D eigenvalue weighted by atomic mass is 10.0. The molecule has 0 radical (unpaired) electrons. The van der Waals surface area contributed by atoms with Gasteiger partial charge in [-0.25, -0.2) is 15.0 Å². The second-order valence-corrected chi connectivity index (χ2v) is 7.66. The molecule has 0 saturated carbocycles. The third kappa shape index (κ3) is 3.00. The van der Waals surface area contributed by atoms with Gasteiger partial charge in [0.1, 0.15) is 17.9 Å². The van der Waals surface area contributed by atoms with E-state index in [0.717, 1.165) is 12.3 Å². The highest BCUT2D eigenvalue weighted by atomic mass is 19.4. The highest BCUT2D eigenvalue weighted by Crippen LogP contribution is 2.39. The summed E-state index contributed by atoms with van der Waals surface area (Å²) in [5.41, 5.74) is 8.20. The molecule has 1 amide bonds. The second kappa shape index (κ2) is 6.81. The molecular formula is C21H17F3N6O2. The Morgan fingerprint density at radius 2 is 2.03 bits per heavy atom. The maximum Gasteiger partial charge on any atom is 0.417 e. The van der Waals surface area contributed by atoms with Gasteiger partial charge in [0.15, 0.2) is 0 Å². The summed E-state index contributed by atoms with van der Waals surface area (Å²) >= 11 is 0. The molecule has 0 saturated heterocycles. The number of halogens is 3. The predicted molar refractivity (Wildman–Crippen MR) is 109 cm³/mol. The number of aryl methyl sites for hydroxylation is 1. The number of carbonyl (C=O) groups is 1. The van der Waals surface area contributed by atoms with Gasteiger partial charge in [0, 0.05) is 24.4 Å². The number of alkyl halides is 3. The number of rotatable bonds is 2.